The smallest absolute Gasteiger partial charge is 0.332 e. The van der Waals surface area contributed by atoms with Crippen molar-refractivity contribution in [2.75, 3.05) is 6.61 Å². The van der Waals surface area contributed by atoms with E-state index in [0.717, 1.165) is 0 Å². The van der Waals surface area contributed by atoms with Gasteiger partial charge in [-0.15, -0.1) is 17.0 Å². The molecule has 10 heavy (non-hydrogen) atoms. The van der Waals surface area contributed by atoms with Gasteiger partial charge in [0.25, 0.3) is 0 Å². The first kappa shape index (κ1) is 12.6. The lowest BCUT2D eigenvalue weighted by molar-refractivity contribution is -0.150. The number of carboxylic acids is 1. The number of carboxylic acid groups (broad SMARTS) is 1. The predicted octanol–water partition coefficient (Wildman–Crippen LogP) is 1.46. The van der Waals surface area contributed by atoms with Crippen LogP contribution in [0, 0.1) is 0 Å². The molecule has 0 fully saturated rings. The lowest BCUT2D eigenvalue weighted by Gasteiger charge is -2.07. The van der Waals surface area contributed by atoms with Crippen molar-refractivity contribution in [2.24, 2.45) is 0 Å². The van der Waals surface area contributed by atoms with E-state index in [1.807, 2.05) is 0 Å². The van der Waals surface area contributed by atoms with Crippen LogP contribution in [0.5, 0.6) is 0 Å². The number of rotatable bonds is 4. The fraction of sp³-hybridized carbons (Fsp3) is 0.833. The second-order valence-corrected chi connectivity index (χ2v) is 1.69. The summed E-state index contributed by atoms with van der Waals surface area (Å²) >= 11 is 0. The minimum atomic E-state index is -0.876. The summed E-state index contributed by atoms with van der Waals surface area (Å²) < 4.78 is 4.85. The van der Waals surface area contributed by atoms with E-state index in [9.17, 15) is 4.79 Å². The van der Waals surface area contributed by atoms with Crippen LogP contribution in [0.15, 0.2) is 0 Å². The second-order valence-electron chi connectivity index (χ2n) is 1.69. The maximum Gasteiger partial charge on any atom is 0.332 e. The van der Waals surface area contributed by atoms with Gasteiger partial charge in [-0.1, -0.05) is 6.92 Å². The van der Waals surface area contributed by atoms with E-state index in [2.05, 4.69) is 0 Å². The van der Waals surface area contributed by atoms with Gasteiger partial charge in [-0.3, -0.25) is 0 Å². The first-order valence-electron chi connectivity index (χ1n) is 3.06. The monoisotopic (exact) mass is 212 g/mol. The van der Waals surface area contributed by atoms with E-state index in [-0.39, 0.29) is 17.0 Å². The highest BCUT2D eigenvalue weighted by Gasteiger charge is 2.13. The standard InChI is InChI=1S/C6H12O3.BrH/c1-3-5(6(7)8)9-4-2;/h5H,3-4H2,1-2H3,(H,7,8);1H. The molecular weight excluding hydrogens is 200 g/mol. The van der Waals surface area contributed by atoms with Crippen molar-refractivity contribution in [3.8, 4) is 0 Å². The number of aliphatic carboxylic acids is 1. The molecular formula is C6H13BrO3. The summed E-state index contributed by atoms with van der Waals surface area (Å²) in [5, 5.41) is 8.38. The van der Waals surface area contributed by atoms with Crippen LogP contribution in [0.2, 0.25) is 0 Å². The first-order valence-corrected chi connectivity index (χ1v) is 3.06. The third kappa shape index (κ3) is 4.76. The predicted molar refractivity (Wildman–Crippen MR) is 43.7 cm³/mol. The Hall–Kier alpha value is -0.0900. The van der Waals surface area contributed by atoms with E-state index < -0.39 is 12.1 Å². The van der Waals surface area contributed by atoms with Gasteiger partial charge in [-0.25, -0.2) is 4.79 Å². The summed E-state index contributed by atoms with van der Waals surface area (Å²) in [5.74, 6) is -0.876. The Labute approximate surface area is 71.1 Å². The normalized spacial score (nSPS) is 11.8. The molecule has 0 saturated heterocycles. The zero-order chi connectivity index (χ0) is 7.28. The molecule has 0 radical (unpaired) electrons. The Balaban J connectivity index is 0. The Bertz CT molecular complexity index is 95.0. The summed E-state index contributed by atoms with van der Waals surface area (Å²) in [7, 11) is 0. The molecule has 62 valence electrons. The van der Waals surface area contributed by atoms with Gasteiger partial charge in [0, 0.05) is 6.61 Å². The number of carbonyl (C=O) groups is 1. The van der Waals surface area contributed by atoms with E-state index in [0.29, 0.717) is 13.0 Å². The molecule has 0 rings (SSSR count). The molecule has 0 aromatic rings. The summed E-state index contributed by atoms with van der Waals surface area (Å²) in [4.78, 5) is 10.2. The van der Waals surface area contributed by atoms with Crippen molar-refractivity contribution < 1.29 is 14.6 Å². The van der Waals surface area contributed by atoms with Gasteiger partial charge in [-0.05, 0) is 13.3 Å². The number of hydrogen-bond acceptors (Lipinski definition) is 2. The van der Waals surface area contributed by atoms with Crippen molar-refractivity contribution in [3.63, 3.8) is 0 Å². The van der Waals surface area contributed by atoms with Gasteiger partial charge < -0.3 is 9.84 Å². The quantitative estimate of drug-likeness (QED) is 0.768. The molecule has 1 atom stereocenters. The third-order valence-corrected chi connectivity index (χ3v) is 1.01. The van der Waals surface area contributed by atoms with Crippen molar-refractivity contribution in [1.82, 2.24) is 0 Å². The first-order chi connectivity index (χ1) is 4.22. The van der Waals surface area contributed by atoms with Crippen LogP contribution in [0.25, 0.3) is 0 Å². The highest BCUT2D eigenvalue weighted by molar-refractivity contribution is 8.93. The lowest BCUT2D eigenvalue weighted by Crippen LogP contribution is -2.22. The molecule has 1 N–H and O–H groups in total. The van der Waals surface area contributed by atoms with E-state index in [1.54, 1.807) is 13.8 Å². The molecule has 0 aliphatic heterocycles. The fourth-order valence-corrected chi connectivity index (χ4v) is 0.565. The number of ether oxygens (including phenoxy) is 1. The molecule has 0 aliphatic carbocycles. The summed E-state index contributed by atoms with van der Waals surface area (Å²) in [6, 6.07) is 0. The third-order valence-electron chi connectivity index (χ3n) is 1.01. The summed E-state index contributed by atoms with van der Waals surface area (Å²) in [6.07, 6.45) is -0.0848. The maximum atomic E-state index is 10.2. The van der Waals surface area contributed by atoms with Gasteiger partial charge in [-0.2, -0.15) is 0 Å². The molecule has 0 aromatic carbocycles. The van der Waals surface area contributed by atoms with Crippen LogP contribution in [0.1, 0.15) is 20.3 Å². The number of hydrogen-bond donors (Lipinski definition) is 1. The molecule has 0 amide bonds. The summed E-state index contributed by atoms with van der Waals surface area (Å²) in [5.41, 5.74) is 0. The second kappa shape index (κ2) is 7.02. The molecule has 1 unspecified atom stereocenters. The van der Waals surface area contributed by atoms with Crippen LogP contribution in [-0.2, 0) is 9.53 Å². The van der Waals surface area contributed by atoms with Gasteiger partial charge in [0.2, 0.25) is 0 Å². The maximum absolute atomic E-state index is 10.2. The number of halogens is 1. The largest absolute Gasteiger partial charge is 0.479 e. The van der Waals surface area contributed by atoms with Crippen molar-refractivity contribution in [2.45, 2.75) is 26.4 Å². The Morgan fingerprint density at radius 2 is 2.10 bits per heavy atom. The molecule has 0 spiro atoms. The van der Waals surface area contributed by atoms with Crippen LogP contribution in [0.3, 0.4) is 0 Å². The molecule has 0 aliphatic rings. The van der Waals surface area contributed by atoms with Crippen LogP contribution >= 0.6 is 17.0 Å². The zero-order valence-electron chi connectivity index (χ0n) is 6.16. The minimum absolute atomic E-state index is 0. The Morgan fingerprint density at radius 3 is 2.20 bits per heavy atom. The summed E-state index contributed by atoms with van der Waals surface area (Å²) in [6.45, 7) is 4.03. The van der Waals surface area contributed by atoms with Crippen molar-refractivity contribution in [3.05, 3.63) is 0 Å². The van der Waals surface area contributed by atoms with Crippen LogP contribution in [0.4, 0.5) is 0 Å². The topological polar surface area (TPSA) is 46.5 Å². The fourth-order valence-electron chi connectivity index (χ4n) is 0.565. The molecule has 0 aromatic heterocycles. The van der Waals surface area contributed by atoms with E-state index >= 15 is 0 Å². The van der Waals surface area contributed by atoms with Crippen LogP contribution < -0.4 is 0 Å². The van der Waals surface area contributed by atoms with E-state index in [4.69, 9.17) is 9.84 Å². The molecule has 0 bridgehead atoms. The highest BCUT2D eigenvalue weighted by Crippen LogP contribution is 1.96. The Kier molecular flexibility index (Phi) is 8.83. The van der Waals surface area contributed by atoms with Gasteiger partial charge in [0.15, 0.2) is 6.10 Å². The Morgan fingerprint density at radius 1 is 1.60 bits per heavy atom. The van der Waals surface area contributed by atoms with Gasteiger partial charge >= 0.3 is 5.97 Å². The average molecular weight is 213 g/mol. The highest BCUT2D eigenvalue weighted by atomic mass is 79.9. The SMILES string of the molecule is Br.CCOC(CC)C(=O)O. The van der Waals surface area contributed by atoms with Gasteiger partial charge in [0.1, 0.15) is 0 Å². The zero-order valence-corrected chi connectivity index (χ0v) is 7.88. The van der Waals surface area contributed by atoms with Crippen LogP contribution in [-0.4, -0.2) is 23.8 Å². The molecule has 0 heterocycles. The molecule has 3 nitrogen and oxygen atoms in total. The van der Waals surface area contributed by atoms with Crippen molar-refractivity contribution >= 4 is 23.0 Å². The minimum Gasteiger partial charge on any atom is -0.479 e. The van der Waals surface area contributed by atoms with E-state index in [1.165, 1.54) is 0 Å². The molecule has 4 heteroatoms. The molecule has 0 saturated carbocycles. The van der Waals surface area contributed by atoms with Crippen molar-refractivity contribution in [1.29, 1.82) is 0 Å². The lowest BCUT2D eigenvalue weighted by atomic mass is 10.3. The average Bonchev–Trinajstić information content (AvgIpc) is 1.82. The van der Waals surface area contributed by atoms with Gasteiger partial charge in [0.05, 0.1) is 0 Å².